The third kappa shape index (κ3) is 3.00. The molecule has 1 aromatic heterocycles. The van der Waals surface area contributed by atoms with Crippen molar-refractivity contribution in [3.63, 3.8) is 0 Å². The molecule has 1 atom stereocenters. The second-order valence-electron chi connectivity index (χ2n) is 3.67. The fourth-order valence-electron chi connectivity index (χ4n) is 1.70. The first-order chi connectivity index (χ1) is 8.20. The number of rotatable bonds is 4. The minimum absolute atomic E-state index is 0.553. The van der Waals surface area contributed by atoms with Gasteiger partial charge in [0.05, 0.1) is 17.6 Å². The summed E-state index contributed by atoms with van der Waals surface area (Å²) >= 11 is 7.35. The van der Waals surface area contributed by atoms with Crippen LogP contribution in [-0.4, -0.2) is 12.2 Å². The van der Waals surface area contributed by atoms with Crippen molar-refractivity contribution in [1.29, 1.82) is 0 Å². The Morgan fingerprint density at radius 3 is 2.71 bits per heavy atom. The van der Waals surface area contributed by atoms with Crippen LogP contribution in [0.1, 0.15) is 16.5 Å². The highest BCUT2D eigenvalue weighted by atomic mass is 35.5. The number of aliphatic hydroxyl groups excluding tert-OH is 1. The van der Waals surface area contributed by atoms with E-state index in [-0.39, 0.29) is 0 Å². The Morgan fingerprint density at radius 2 is 2.06 bits per heavy atom. The van der Waals surface area contributed by atoms with Gasteiger partial charge >= 0.3 is 0 Å². The predicted octanol–water partition coefficient (Wildman–Crippen LogP) is 3.69. The standard InChI is InChI=1S/C13H13ClO2S/c1-16-12-5-3-2-4-10(12)11(15)8-9-6-7-13(14)17-9/h2-7,11,15H,8H2,1H3. The Morgan fingerprint density at radius 1 is 1.29 bits per heavy atom. The van der Waals surface area contributed by atoms with Gasteiger partial charge in [0.2, 0.25) is 0 Å². The number of para-hydroxylation sites is 1. The average molecular weight is 269 g/mol. The Labute approximate surface area is 109 Å². The van der Waals surface area contributed by atoms with E-state index < -0.39 is 6.10 Å². The molecule has 2 rings (SSSR count). The van der Waals surface area contributed by atoms with Crippen LogP contribution in [0.15, 0.2) is 36.4 Å². The monoisotopic (exact) mass is 268 g/mol. The van der Waals surface area contributed by atoms with Gasteiger partial charge in [0.25, 0.3) is 0 Å². The quantitative estimate of drug-likeness (QED) is 0.916. The van der Waals surface area contributed by atoms with Gasteiger partial charge in [-0.15, -0.1) is 11.3 Å². The Hall–Kier alpha value is -1.03. The van der Waals surface area contributed by atoms with E-state index in [4.69, 9.17) is 16.3 Å². The number of thiophene rings is 1. The van der Waals surface area contributed by atoms with Crippen LogP contribution < -0.4 is 4.74 Å². The molecule has 1 heterocycles. The summed E-state index contributed by atoms with van der Waals surface area (Å²) in [5, 5.41) is 10.2. The van der Waals surface area contributed by atoms with Gasteiger partial charge in [-0.05, 0) is 18.2 Å². The summed E-state index contributed by atoms with van der Waals surface area (Å²) in [5.41, 5.74) is 0.805. The fourth-order valence-corrected chi connectivity index (χ4v) is 2.83. The SMILES string of the molecule is COc1ccccc1C(O)Cc1ccc(Cl)s1. The molecule has 0 aliphatic rings. The van der Waals surface area contributed by atoms with E-state index in [9.17, 15) is 5.11 Å². The number of hydrogen-bond donors (Lipinski definition) is 1. The Balaban J connectivity index is 2.16. The smallest absolute Gasteiger partial charge is 0.124 e. The highest BCUT2D eigenvalue weighted by Crippen LogP contribution is 2.30. The zero-order valence-corrected chi connectivity index (χ0v) is 11.0. The minimum atomic E-state index is -0.569. The van der Waals surface area contributed by atoms with E-state index in [1.807, 2.05) is 36.4 Å². The topological polar surface area (TPSA) is 29.5 Å². The van der Waals surface area contributed by atoms with Gasteiger partial charge in [-0.25, -0.2) is 0 Å². The van der Waals surface area contributed by atoms with Gasteiger partial charge in [-0.3, -0.25) is 0 Å². The Bertz CT molecular complexity index is 496. The minimum Gasteiger partial charge on any atom is -0.496 e. The summed E-state index contributed by atoms with van der Waals surface area (Å²) in [7, 11) is 1.60. The third-order valence-corrected chi connectivity index (χ3v) is 3.77. The number of halogens is 1. The predicted molar refractivity (Wildman–Crippen MR) is 71.0 cm³/mol. The van der Waals surface area contributed by atoms with Crippen molar-refractivity contribution in [2.45, 2.75) is 12.5 Å². The molecule has 0 bridgehead atoms. The van der Waals surface area contributed by atoms with Crippen molar-refractivity contribution in [1.82, 2.24) is 0 Å². The molecular formula is C13H13ClO2S. The van der Waals surface area contributed by atoms with Crippen molar-refractivity contribution in [2.75, 3.05) is 7.11 Å². The highest BCUT2D eigenvalue weighted by molar-refractivity contribution is 7.16. The van der Waals surface area contributed by atoms with Gasteiger partial charge in [0.15, 0.2) is 0 Å². The summed E-state index contributed by atoms with van der Waals surface area (Å²) in [6, 6.07) is 11.3. The van der Waals surface area contributed by atoms with Crippen molar-refractivity contribution < 1.29 is 9.84 Å². The lowest BCUT2D eigenvalue weighted by Crippen LogP contribution is -2.02. The van der Waals surface area contributed by atoms with Crippen LogP contribution in [0.3, 0.4) is 0 Å². The normalized spacial score (nSPS) is 12.4. The summed E-state index contributed by atoms with van der Waals surface area (Å²) in [5.74, 6) is 0.711. The van der Waals surface area contributed by atoms with Crippen LogP contribution in [0.5, 0.6) is 5.75 Å². The van der Waals surface area contributed by atoms with Gasteiger partial charge in [0, 0.05) is 16.9 Å². The van der Waals surface area contributed by atoms with Crippen molar-refractivity contribution >= 4 is 22.9 Å². The lowest BCUT2D eigenvalue weighted by molar-refractivity contribution is 0.175. The van der Waals surface area contributed by atoms with Gasteiger partial charge in [-0.2, -0.15) is 0 Å². The summed E-state index contributed by atoms with van der Waals surface area (Å²) < 4.78 is 5.97. The number of methoxy groups -OCH3 is 1. The molecule has 2 aromatic rings. The van der Waals surface area contributed by atoms with E-state index in [1.165, 1.54) is 11.3 Å². The van der Waals surface area contributed by atoms with Crippen molar-refractivity contribution in [3.8, 4) is 5.75 Å². The molecule has 0 saturated heterocycles. The molecule has 0 amide bonds. The first-order valence-corrected chi connectivity index (χ1v) is 6.45. The molecule has 0 saturated carbocycles. The van der Waals surface area contributed by atoms with Gasteiger partial charge in [-0.1, -0.05) is 29.8 Å². The van der Waals surface area contributed by atoms with Crippen molar-refractivity contribution in [3.05, 3.63) is 51.2 Å². The zero-order valence-electron chi connectivity index (χ0n) is 9.39. The maximum Gasteiger partial charge on any atom is 0.124 e. The molecule has 2 nitrogen and oxygen atoms in total. The number of hydrogen-bond acceptors (Lipinski definition) is 3. The molecule has 0 radical (unpaired) electrons. The Kier molecular flexibility index (Phi) is 4.05. The third-order valence-electron chi connectivity index (χ3n) is 2.52. The molecular weight excluding hydrogens is 256 g/mol. The molecule has 0 aliphatic heterocycles. The summed E-state index contributed by atoms with van der Waals surface area (Å²) in [6.07, 6.45) is -0.0153. The zero-order chi connectivity index (χ0) is 12.3. The summed E-state index contributed by atoms with van der Waals surface area (Å²) in [4.78, 5) is 1.06. The van der Waals surface area contributed by atoms with Crippen LogP contribution in [-0.2, 0) is 6.42 Å². The molecule has 4 heteroatoms. The highest BCUT2D eigenvalue weighted by Gasteiger charge is 2.14. The molecule has 90 valence electrons. The molecule has 1 N–H and O–H groups in total. The number of aliphatic hydroxyl groups is 1. The van der Waals surface area contributed by atoms with E-state index in [1.54, 1.807) is 7.11 Å². The fraction of sp³-hybridized carbons (Fsp3) is 0.231. The van der Waals surface area contributed by atoms with E-state index >= 15 is 0 Å². The van der Waals surface area contributed by atoms with Gasteiger partial charge in [0.1, 0.15) is 5.75 Å². The number of benzene rings is 1. The lowest BCUT2D eigenvalue weighted by atomic mass is 10.0. The maximum atomic E-state index is 10.2. The van der Waals surface area contributed by atoms with Gasteiger partial charge < -0.3 is 9.84 Å². The largest absolute Gasteiger partial charge is 0.496 e. The second kappa shape index (κ2) is 5.54. The van der Waals surface area contributed by atoms with E-state index in [0.717, 1.165) is 14.8 Å². The van der Waals surface area contributed by atoms with Crippen molar-refractivity contribution in [2.24, 2.45) is 0 Å². The molecule has 0 fully saturated rings. The van der Waals surface area contributed by atoms with E-state index in [0.29, 0.717) is 12.2 Å². The summed E-state index contributed by atoms with van der Waals surface area (Å²) in [6.45, 7) is 0. The first-order valence-electron chi connectivity index (χ1n) is 5.26. The molecule has 1 aromatic carbocycles. The van der Waals surface area contributed by atoms with Crippen LogP contribution in [0.2, 0.25) is 4.34 Å². The average Bonchev–Trinajstić information content (AvgIpc) is 2.74. The second-order valence-corrected chi connectivity index (χ2v) is 5.47. The molecule has 17 heavy (non-hydrogen) atoms. The van der Waals surface area contributed by atoms with Crippen LogP contribution >= 0.6 is 22.9 Å². The first kappa shape index (κ1) is 12.4. The molecule has 0 spiro atoms. The molecule has 0 aliphatic carbocycles. The van der Waals surface area contributed by atoms with Crippen LogP contribution in [0.25, 0.3) is 0 Å². The van der Waals surface area contributed by atoms with Crippen LogP contribution in [0, 0.1) is 0 Å². The van der Waals surface area contributed by atoms with Crippen LogP contribution in [0.4, 0.5) is 0 Å². The maximum absolute atomic E-state index is 10.2. The number of ether oxygens (including phenoxy) is 1. The lowest BCUT2D eigenvalue weighted by Gasteiger charge is -2.13. The van der Waals surface area contributed by atoms with E-state index in [2.05, 4.69) is 0 Å². The molecule has 1 unspecified atom stereocenters.